The zero-order valence-corrected chi connectivity index (χ0v) is 18.3. The van der Waals surface area contributed by atoms with Crippen LogP contribution in [0.2, 0.25) is 5.02 Å². The van der Waals surface area contributed by atoms with Crippen LogP contribution >= 0.6 is 11.6 Å². The summed E-state index contributed by atoms with van der Waals surface area (Å²) in [5.74, 6) is 0.916. The molecule has 166 valence electrons. The fraction of sp³-hybridized carbons (Fsp3) is 0.381. The smallest absolute Gasteiger partial charge is 0.232 e. The van der Waals surface area contributed by atoms with E-state index < -0.39 is 12.2 Å². The fourth-order valence-electron chi connectivity index (χ4n) is 4.20. The Balaban J connectivity index is 1.53. The molecule has 0 aliphatic heterocycles. The van der Waals surface area contributed by atoms with E-state index in [4.69, 9.17) is 22.1 Å². The maximum atomic E-state index is 14.7. The van der Waals surface area contributed by atoms with Crippen molar-refractivity contribution >= 4 is 39.6 Å². The van der Waals surface area contributed by atoms with Crippen molar-refractivity contribution in [3.8, 4) is 17.1 Å². The minimum Gasteiger partial charge on any atom is -0.480 e. The van der Waals surface area contributed by atoms with Crippen LogP contribution in [0.5, 0.6) is 5.88 Å². The van der Waals surface area contributed by atoms with Crippen molar-refractivity contribution in [1.82, 2.24) is 30.1 Å². The van der Waals surface area contributed by atoms with Gasteiger partial charge in [0.15, 0.2) is 5.65 Å². The lowest BCUT2D eigenvalue weighted by atomic mass is 9.89. The van der Waals surface area contributed by atoms with Gasteiger partial charge in [0.05, 0.1) is 36.1 Å². The van der Waals surface area contributed by atoms with Gasteiger partial charge in [-0.05, 0) is 31.4 Å². The van der Waals surface area contributed by atoms with E-state index >= 15 is 0 Å². The van der Waals surface area contributed by atoms with Crippen LogP contribution in [0.15, 0.2) is 24.5 Å². The molecule has 3 heterocycles. The highest BCUT2D eigenvalue weighted by molar-refractivity contribution is 6.38. The average Bonchev–Trinajstić information content (AvgIpc) is 3.23. The van der Waals surface area contributed by atoms with Crippen LogP contribution in [-0.2, 0) is 0 Å². The quantitative estimate of drug-likeness (QED) is 0.480. The molecule has 0 amide bonds. The molecule has 5 rings (SSSR count). The summed E-state index contributed by atoms with van der Waals surface area (Å²) in [7, 11) is 3.33. The first-order valence-electron chi connectivity index (χ1n) is 10.3. The maximum absolute atomic E-state index is 14.7. The molecule has 11 heteroatoms. The third-order valence-electron chi connectivity index (χ3n) is 6.03. The molecule has 1 aliphatic carbocycles. The van der Waals surface area contributed by atoms with Gasteiger partial charge in [-0.3, -0.25) is 5.10 Å². The SMILES string of the molecule is COc1cnc2ccc(-c3n[nH]c4nc(N(C)[C@@H]5CCC[C@H](N)[C@@H]5F)cnc34)c(Cl)c2n1. The van der Waals surface area contributed by atoms with Crippen LogP contribution in [-0.4, -0.2) is 62.5 Å². The third-order valence-corrected chi connectivity index (χ3v) is 6.41. The molecule has 3 N–H and O–H groups in total. The highest BCUT2D eigenvalue weighted by atomic mass is 35.5. The number of hydrogen-bond acceptors (Lipinski definition) is 8. The van der Waals surface area contributed by atoms with Gasteiger partial charge in [0, 0.05) is 18.7 Å². The summed E-state index contributed by atoms with van der Waals surface area (Å²) in [6.45, 7) is 0. The van der Waals surface area contributed by atoms with Crippen molar-refractivity contribution < 1.29 is 9.13 Å². The van der Waals surface area contributed by atoms with Gasteiger partial charge in [-0.2, -0.15) is 5.10 Å². The molecule has 0 unspecified atom stereocenters. The number of anilines is 1. The molecule has 0 spiro atoms. The third kappa shape index (κ3) is 3.39. The second kappa shape index (κ2) is 8.10. The van der Waals surface area contributed by atoms with Crippen molar-refractivity contribution in [2.24, 2.45) is 5.73 Å². The van der Waals surface area contributed by atoms with E-state index in [1.165, 1.54) is 13.3 Å². The molecular formula is C21H22ClFN8O. The average molecular weight is 457 g/mol. The Morgan fingerprint density at radius 3 is 2.84 bits per heavy atom. The Kier molecular flexibility index (Phi) is 5.26. The Morgan fingerprint density at radius 1 is 1.19 bits per heavy atom. The summed E-state index contributed by atoms with van der Waals surface area (Å²) in [5.41, 5.74) is 9.30. The number of rotatable bonds is 4. The highest BCUT2D eigenvalue weighted by Crippen LogP contribution is 2.35. The lowest BCUT2D eigenvalue weighted by Crippen LogP contribution is -2.51. The second-order valence-electron chi connectivity index (χ2n) is 7.92. The Hall–Kier alpha value is -3.11. The van der Waals surface area contributed by atoms with Crippen LogP contribution in [0.25, 0.3) is 33.5 Å². The molecule has 0 bridgehead atoms. The predicted molar refractivity (Wildman–Crippen MR) is 121 cm³/mol. The van der Waals surface area contributed by atoms with Crippen LogP contribution in [0.4, 0.5) is 10.2 Å². The van der Waals surface area contributed by atoms with Crippen LogP contribution in [0.1, 0.15) is 19.3 Å². The molecule has 1 fully saturated rings. The molecule has 1 saturated carbocycles. The molecule has 0 saturated heterocycles. The number of ether oxygens (including phenoxy) is 1. The number of H-pyrrole nitrogens is 1. The number of nitrogens with zero attached hydrogens (tertiary/aromatic N) is 6. The number of benzene rings is 1. The van der Waals surface area contributed by atoms with E-state index in [9.17, 15) is 4.39 Å². The monoisotopic (exact) mass is 456 g/mol. The summed E-state index contributed by atoms with van der Waals surface area (Å²) in [4.78, 5) is 19.7. The largest absolute Gasteiger partial charge is 0.480 e. The predicted octanol–water partition coefficient (Wildman–Crippen LogP) is 3.28. The Morgan fingerprint density at radius 2 is 2.03 bits per heavy atom. The second-order valence-corrected chi connectivity index (χ2v) is 8.30. The molecule has 32 heavy (non-hydrogen) atoms. The van der Waals surface area contributed by atoms with Crippen molar-refractivity contribution in [1.29, 1.82) is 0 Å². The number of hydrogen-bond donors (Lipinski definition) is 2. The number of aromatic nitrogens is 6. The first-order chi connectivity index (χ1) is 15.5. The number of aromatic amines is 1. The summed E-state index contributed by atoms with van der Waals surface area (Å²) in [6.07, 6.45) is 4.34. The lowest BCUT2D eigenvalue weighted by molar-refractivity contribution is 0.184. The molecular weight excluding hydrogens is 435 g/mol. The molecule has 9 nitrogen and oxygen atoms in total. The molecule has 4 aromatic rings. The highest BCUT2D eigenvalue weighted by Gasteiger charge is 2.34. The summed E-state index contributed by atoms with van der Waals surface area (Å²) >= 11 is 6.65. The number of nitrogens with two attached hydrogens (primary N) is 1. The van der Waals surface area contributed by atoms with Gasteiger partial charge in [0.25, 0.3) is 0 Å². The number of fused-ring (bicyclic) bond motifs is 2. The van der Waals surface area contributed by atoms with Crippen molar-refractivity contribution in [2.75, 3.05) is 19.1 Å². The summed E-state index contributed by atoms with van der Waals surface area (Å²) in [5, 5.41) is 7.69. The molecule has 3 aromatic heterocycles. The van der Waals surface area contributed by atoms with E-state index in [0.29, 0.717) is 56.6 Å². The zero-order valence-electron chi connectivity index (χ0n) is 17.6. The van der Waals surface area contributed by atoms with Crippen molar-refractivity contribution in [3.05, 3.63) is 29.5 Å². The minimum absolute atomic E-state index is 0.337. The Bertz CT molecular complexity index is 1300. The van der Waals surface area contributed by atoms with Crippen molar-refractivity contribution in [3.63, 3.8) is 0 Å². The van der Waals surface area contributed by atoms with E-state index in [1.807, 2.05) is 24.1 Å². The number of alkyl halides is 1. The fourth-order valence-corrected chi connectivity index (χ4v) is 4.50. The van der Waals surface area contributed by atoms with Crippen LogP contribution in [0, 0.1) is 0 Å². The summed E-state index contributed by atoms with van der Waals surface area (Å²) in [6, 6.07) is 2.84. The van der Waals surface area contributed by atoms with Gasteiger partial charge >= 0.3 is 0 Å². The molecule has 1 aliphatic rings. The van der Waals surface area contributed by atoms with E-state index in [0.717, 1.165) is 12.8 Å². The van der Waals surface area contributed by atoms with Crippen LogP contribution in [0.3, 0.4) is 0 Å². The van der Waals surface area contributed by atoms with Crippen LogP contribution < -0.4 is 15.4 Å². The molecule has 3 atom stereocenters. The normalized spacial score (nSPS) is 21.2. The maximum Gasteiger partial charge on any atom is 0.232 e. The number of methoxy groups -OCH3 is 1. The van der Waals surface area contributed by atoms with Gasteiger partial charge in [-0.1, -0.05) is 11.6 Å². The topological polar surface area (TPSA) is 119 Å². The number of nitrogens with one attached hydrogen (secondary N) is 1. The van der Waals surface area contributed by atoms with Gasteiger partial charge in [-0.25, -0.2) is 24.3 Å². The van der Waals surface area contributed by atoms with Gasteiger partial charge < -0.3 is 15.4 Å². The summed E-state index contributed by atoms with van der Waals surface area (Å²) < 4.78 is 19.8. The first-order valence-corrected chi connectivity index (χ1v) is 10.7. The lowest BCUT2D eigenvalue weighted by Gasteiger charge is -2.37. The van der Waals surface area contributed by atoms with Gasteiger partial charge in [-0.15, -0.1) is 0 Å². The molecule has 0 radical (unpaired) electrons. The standard InChI is InChI=1S/C21H22ClFN8O/c1-31(13-5-3-4-11(24)17(13)23)14-8-26-20-18(29-30-21(20)27-14)10-6-7-12-19(16(10)22)28-15(32-2)9-25-12/h6-9,11,13,17H,3-5,24H2,1-2H3,(H,27,29,30)/t11-,13+,17-/m0/s1. The first kappa shape index (κ1) is 20.8. The molecule has 1 aromatic carbocycles. The van der Waals surface area contributed by atoms with Crippen molar-refractivity contribution in [2.45, 2.75) is 37.5 Å². The van der Waals surface area contributed by atoms with Gasteiger partial charge in [0.1, 0.15) is 28.7 Å². The number of halogens is 2. The van der Waals surface area contributed by atoms with E-state index in [2.05, 4.69) is 30.1 Å². The van der Waals surface area contributed by atoms with Gasteiger partial charge in [0.2, 0.25) is 5.88 Å². The Labute approximate surface area is 188 Å². The zero-order chi connectivity index (χ0) is 22.4. The van der Waals surface area contributed by atoms with E-state index in [-0.39, 0.29) is 6.04 Å². The minimum atomic E-state index is -1.11. The van der Waals surface area contributed by atoms with E-state index in [1.54, 1.807) is 6.20 Å².